The molecule has 2 fully saturated rings. The number of sulfonamides is 1. The maximum Gasteiger partial charge on any atom is 0.258 e. The third-order valence-electron chi connectivity index (χ3n) is 4.41. The van der Waals surface area contributed by atoms with Crippen LogP contribution < -0.4 is 10.5 Å². The molecule has 7 nitrogen and oxygen atoms in total. The lowest BCUT2D eigenvalue weighted by Gasteiger charge is -2.34. The van der Waals surface area contributed by atoms with E-state index in [2.05, 4.69) is 14.9 Å². The molecule has 2 saturated carbocycles. The van der Waals surface area contributed by atoms with Crippen molar-refractivity contribution < 1.29 is 12.9 Å². The largest absolute Gasteiger partial charge is 0.334 e. The first-order chi connectivity index (χ1) is 11.0. The second-order valence-corrected chi connectivity index (χ2v) is 8.07. The number of benzene rings is 1. The highest BCUT2D eigenvalue weighted by Crippen LogP contribution is 2.37. The first-order valence-electron chi connectivity index (χ1n) is 7.72. The van der Waals surface area contributed by atoms with Crippen molar-refractivity contribution in [2.75, 3.05) is 0 Å². The molecule has 130 valence electrons. The van der Waals surface area contributed by atoms with Crippen LogP contribution in [0.4, 0.5) is 0 Å². The Bertz CT molecular complexity index is 844. The van der Waals surface area contributed by atoms with Crippen LogP contribution in [0.15, 0.2) is 33.7 Å². The SMILES string of the molecule is Cl.NC1(c2noc(-c3cccc(S(=O)(=O)NC4CC4)c3)n2)CCC1. The summed E-state index contributed by atoms with van der Waals surface area (Å²) in [7, 11) is -3.51. The van der Waals surface area contributed by atoms with Gasteiger partial charge in [0.1, 0.15) is 0 Å². The predicted molar refractivity (Wildman–Crippen MR) is 90.0 cm³/mol. The Morgan fingerprint density at radius 1 is 1.29 bits per heavy atom. The highest BCUT2D eigenvalue weighted by Gasteiger charge is 2.39. The van der Waals surface area contributed by atoms with Gasteiger partial charge < -0.3 is 10.3 Å². The van der Waals surface area contributed by atoms with Crippen molar-refractivity contribution in [3.63, 3.8) is 0 Å². The summed E-state index contributed by atoms with van der Waals surface area (Å²) < 4.78 is 32.5. The van der Waals surface area contributed by atoms with Crippen LogP contribution in [0, 0.1) is 0 Å². The molecule has 0 aliphatic heterocycles. The van der Waals surface area contributed by atoms with E-state index in [4.69, 9.17) is 10.3 Å². The van der Waals surface area contributed by atoms with Gasteiger partial charge in [-0.25, -0.2) is 13.1 Å². The zero-order chi connectivity index (χ0) is 16.1. The van der Waals surface area contributed by atoms with E-state index < -0.39 is 15.6 Å². The molecule has 24 heavy (non-hydrogen) atoms. The third-order valence-corrected chi connectivity index (χ3v) is 5.93. The van der Waals surface area contributed by atoms with Crippen molar-refractivity contribution in [3.05, 3.63) is 30.1 Å². The molecular formula is C15H19ClN4O3S. The molecule has 4 rings (SSSR count). The van der Waals surface area contributed by atoms with Gasteiger partial charge in [-0.3, -0.25) is 0 Å². The second-order valence-electron chi connectivity index (χ2n) is 6.36. The average molecular weight is 371 g/mol. The summed E-state index contributed by atoms with van der Waals surface area (Å²) in [6.07, 6.45) is 4.52. The lowest BCUT2D eigenvalue weighted by atomic mass is 9.77. The van der Waals surface area contributed by atoms with Gasteiger partial charge >= 0.3 is 0 Å². The van der Waals surface area contributed by atoms with E-state index in [0.717, 1.165) is 32.1 Å². The highest BCUT2D eigenvalue weighted by atomic mass is 35.5. The lowest BCUT2D eigenvalue weighted by Crippen LogP contribution is -2.44. The van der Waals surface area contributed by atoms with Crippen LogP contribution in [-0.2, 0) is 15.6 Å². The summed E-state index contributed by atoms with van der Waals surface area (Å²) >= 11 is 0. The van der Waals surface area contributed by atoms with Crippen LogP contribution in [0.3, 0.4) is 0 Å². The molecule has 0 saturated heterocycles. The number of hydrogen-bond donors (Lipinski definition) is 2. The van der Waals surface area contributed by atoms with E-state index in [0.29, 0.717) is 17.3 Å². The van der Waals surface area contributed by atoms with Crippen molar-refractivity contribution in [2.45, 2.75) is 48.6 Å². The minimum absolute atomic E-state index is 0. The lowest BCUT2D eigenvalue weighted by molar-refractivity contribution is 0.229. The van der Waals surface area contributed by atoms with E-state index in [1.807, 2.05) is 0 Å². The molecule has 0 radical (unpaired) electrons. The van der Waals surface area contributed by atoms with Crippen LogP contribution in [0.5, 0.6) is 0 Å². The van der Waals surface area contributed by atoms with Gasteiger partial charge in [-0.2, -0.15) is 4.98 Å². The average Bonchev–Trinajstić information content (AvgIpc) is 3.16. The molecule has 1 heterocycles. The molecule has 2 aromatic rings. The summed E-state index contributed by atoms with van der Waals surface area (Å²) in [5.74, 6) is 0.781. The molecule has 3 N–H and O–H groups in total. The fourth-order valence-electron chi connectivity index (χ4n) is 2.61. The summed E-state index contributed by atoms with van der Waals surface area (Å²) in [6.45, 7) is 0. The number of aromatic nitrogens is 2. The smallest absolute Gasteiger partial charge is 0.258 e. The van der Waals surface area contributed by atoms with Crippen LogP contribution in [0.2, 0.25) is 0 Å². The number of nitrogens with one attached hydrogen (secondary N) is 1. The molecule has 0 amide bonds. The van der Waals surface area contributed by atoms with Crippen LogP contribution in [-0.4, -0.2) is 24.6 Å². The van der Waals surface area contributed by atoms with Gasteiger partial charge in [-0.1, -0.05) is 11.2 Å². The number of hydrogen-bond acceptors (Lipinski definition) is 6. The van der Waals surface area contributed by atoms with E-state index in [1.54, 1.807) is 24.3 Å². The highest BCUT2D eigenvalue weighted by molar-refractivity contribution is 7.89. The van der Waals surface area contributed by atoms with Crippen LogP contribution in [0.1, 0.15) is 37.9 Å². The second kappa shape index (κ2) is 6.11. The molecule has 0 spiro atoms. The van der Waals surface area contributed by atoms with Gasteiger partial charge in [-0.05, 0) is 50.3 Å². The monoisotopic (exact) mass is 370 g/mol. The maximum atomic E-state index is 12.3. The van der Waals surface area contributed by atoms with Gasteiger partial charge in [0, 0.05) is 11.6 Å². The molecule has 1 aromatic heterocycles. The van der Waals surface area contributed by atoms with Crippen molar-refractivity contribution in [1.82, 2.24) is 14.9 Å². The number of nitrogens with zero attached hydrogens (tertiary/aromatic N) is 2. The fourth-order valence-corrected chi connectivity index (χ4v) is 3.96. The summed E-state index contributed by atoms with van der Waals surface area (Å²) in [6, 6.07) is 6.59. The van der Waals surface area contributed by atoms with Crippen LogP contribution in [0.25, 0.3) is 11.5 Å². The minimum Gasteiger partial charge on any atom is -0.334 e. The van der Waals surface area contributed by atoms with E-state index in [-0.39, 0.29) is 23.3 Å². The Labute approximate surface area is 146 Å². The Kier molecular flexibility index (Phi) is 4.41. The Morgan fingerprint density at radius 3 is 2.67 bits per heavy atom. The molecule has 0 bridgehead atoms. The summed E-state index contributed by atoms with van der Waals surface area (Å²) in [5.41, 5.74) is 6.26. The molecule has 0 atom stereocenters. The summed E-state index contributed by atoms with van der Waals surface area (Å²) in [5, 5.41) is 3.96. The van der Waals surface area contributed by atoms with Gasteiger partial charge in [0.15, 0.2) is 5.82 Å². The predicted octanol–water partition coefficient (Wildman–Crippen LogP) is 1.94. The first-order valence-corrected chi connectivity index (χ1v) is 9.20. The van der Waals surface area contributed by atoms with Crippen molar-refractivity contribution in [3.8, 4) is 11.5 Å². The zero-order valence-corrected chi connectivity index (χ0v) is 14.6. The van der Waals surface area contributed by atoms with E-state index >= 15 is 0 Å². The zero-order valence-electron chi connectivity index (χ0n) is 12.9. The maximum absolute atomic E-state index is 12.3. The Morgan fingerprint density at radius 2 is 2.04 bits per heavy atom. The van der Waals surface area contributed by atoms with Crippen molar-refractivity contribution in [2.24, 2.45) is 5.73 Å². The van der Waals surface area contributed by atoms with Gasteiger partial charge in [0.25, 0.3) is 5.89 Å². The van der Waals surface area contributed by atoms with Crippen molar-refractivity contribution >= 4 is 22.4 Å². The van der Waals surface area contributed by atoms with Gasteiger partial charge in [0.2, 0.25) is 10.0 Å². The Hall–Kier alpha value is -1.48. The normalized spacial score (nSPS) is 19.4. The number of halogens is 1. The molecular weight excluding hydrogens is 352 g/mol. The first kappa shape index (κ1) is 17.3. The standard InChI is InChI=1S/C15H18N4O3S.ClH/c16-15(7-2-8-15)14-17-13(22-18-14)10-3-1-4-12(9-10)23(20,21)19-11-5-6-11;/h1,3-4,9,11,19H,2,5-8,16H2;1H. The van der Waals surface area contributed by atoms with Gasteiger partial charge in [-0.15, -0.1) is 12.4 Å². The number of nitrogens with two attached hydrogens (primary N) is 1. The third kappa shape index (κ3) is 3.19. The molecule has 0 unspecified atom stereocenters. The van der Waals surface area contributed by atoms with E-state index in [9.17, 15) is 8.42 Å². The number of rotatable bonds is 5. The topological polar surface area (TPSA) is 111 Å². The van der Waals surface area contributed by atoms with Crippen molar-refractivity contribution in [1.29, 1.82) is 0 Å². The summed E-state index contributed by atoms with van der Waals surface area (Å²) in [4.78, 5) is 4.55. The Balaban J connectivity index is 0.00000169. The molecule has 1 aromatic carbocycles. The fraction of sp³-hybridized carbons (Fsp3) is 0.467. The molecule has 2 aliphatic rings. The van der Waals surface area contributed by atoms with Gasteiger partial charge in [0.05, 0.1) is 10.4 Å². The quantitative estimate of drug-likeness (QED) is 0.831. The molecule has 2 aliphatic carbocycles. The van der Waals surface area contributed by atoms with E-state index in [1.165, 1.54) is 0 Å². The minimum atomic E-state index is -3.51. The van der Waals surface area contributed by atoms with Crippen LogP contribution >= 0.6 is 12.4 Å². The molecule has 9 heteroatoms.